The van der Waals surface area contributed by atoms with Gasteiger partial charge >= 0.3 is 0 Å². The fourth-order valence-corrected chi connectivity index (χ4v) is 2.05. The van der Waals surface area contributed by atoms with Crippen LogP contribution in [0.2, 0.25) is 0 Å². The molecule has 1 rings (SSSR count). The van der Waals surface area contributed by atoms with Gasteiger partial charge in [-0.05, 0) is 24.3 Å². The molecule has 1 aromatic rings. The second-order valence-corrected chi connectivity index (χ2v) is 4.98. The molecule has 0 aliphatic rings. The van der Waals surface area contributed by atoms with Gasteiger partial charge in [0.2, 0.25) is 0 Å². The van der Waals surface area contributed by atoms with E-state index in [1.54, 1.807) is 11.3 Å². The van der Waals surface area contributed by atoms with Crippen LogP contribution in [0.1, 0.15) is 31.6 Å². The highest BCUT2D eigenvalue weighted by Gasteiger charge is 2.19. The monoisotopic (exact) mass is 227 g/mol. The number of nitrogens with two attached hydrogens (primary N) is 1. The van der Waals surface area contributed by atoms with Gasteiger partial charge in [0.25, 0.3) is 0 Å². The Balaban J connectivity index is 2.16. The smallest absolute Gasteiger partial charge is 0.0646 e. The van der Waals surface area contributed by atoms with Crippen molar-refractivity contribution in [1.82, 2.24) is 0 Å². The normalized spacial score (nSPS) is 11.9. The summed E-state index contributed by atoms with van der Waals surface area (Å²) in [6.45, 7) is 5.68. The fraction of sp³-hybridized carbons (Fsp3) is 0.667. The van der Waals surface area contributed by atoms with Crippen LogP contribution in [0.4, 0.5) is 0 Å². The molecule has 15 heavy (non-hydrogen) atoms. The van der Waals surface area contributed by atoms with Crippen molar-refractivity contribution in [3.05, 3.63) is 22.4 Å². The van der Waals surface area contributed by atoms with Gasteiger partial charge in [0.1, 0.15) is 0 Å². The van der Waals surface area contributed by atoms with Gasteiger partial charge in [-0.25, -0.2) is 0 Å². The highest BCUT2D eigenvalue weighted by molar-refractivity contribution is 7.09. The maximum absolute atomic E-state index is 6.13. The first kappa shape index (κ1) is 12.7. The molecule has 0 aromatic carbocycles. The molecule has 0 fully saturated rings. The van der Waals surface area contributed by atoms with E-state index in [1.807, 2.05) is 0 Å². The van der Waals surface area contributed by atoms with Crippen molar-refractivity contribution in [2.24, 2.45) is 5.73 Å². The summed E-state index contributed by atoms with van der Waals surface area (Å²) in [5.41, 5.74) is 6.00. The molecular formula is C12H21NOS. The van der Waals surface area contributed by atoms with Gasteiger partial charge in [-0.3, -0.25) is 0 Å². The summed E-state index contributed by atoms with van der Waals surface area (Å²) in [5, 5.41) is 2.10. The molecule has 0 bridgehead atoms. The lowest BCUT2D eigenvalue weighted by Crippen LogP contribution is -2.43. The van der Waals surface area contributed by atoms with Crippen molar-refractivity contribution in [2.45, 2.75) is 38.6 Å². The lowest BCUT2D eigenvalue weighted by atomic mass is 9.96. The molecule has 1 aromatic heterocycles. The van der Waals surface area contributed by atoms with E-state index in [0.29, 0.717) is 6.61 Å². The molecule has 2 nitrogen and oxygen atoms in total. The first-order valence-corrected chi connectivity index (χ1v) is 6.47. The van der Waals surface area contributed by atoms with Crippen molar-refractivity contribution in [2.75, 3.05) is 13.2 Å². The fourth-order valence-electron chi connectivity index (χ4n) is 1.36. The third-order valence-corrected chi connectivity index (χ3v) is 3.81. The number of thiophene rings is 1. The van der Waals surface area contributed by atoms with Crippen LogP contribution in [-0.4, -0.2) is 18.8 Å². The SMILES string of the molecule is CCC(N)(CC)COCCc1cccs1. The van der Waals surface area contributed by atoms with Crippen molar-refractivity contribution in [3.63, 3.8) is 0 Å². The van der Waals surface area contributed by atoms with Crippen LogP contribution in [0.5, 0.6) is 0 Å². The molecule has 0 aliphatic carbocycles. The summed E-state index contributed by atoms with van der Waals surface area (Å²) in [6, 6.07) is 4.22. The summed E-state index contributed by atoms with van der Waals surface area (Å²) in [5.74, 6) is 0. The molecular weight excluding hydrogens is 206 g/mol. The molecule has 0 spiro atoms. The maximum atomic E-state index is 6.13. The van der Waals surface area contributed by atoms with Crippen LogP contribution < -0.4 is 5.73 Å². The Morgan fingerprint density at radius 1 is 1.40 bits per heavy atom. The van der Waals surface area contributed by atoms with E-state index in [-0.39, 0.29) is 5.54 Å². The zero-order valence-electron chi connectivity index (χ0n) is 9.66. The molecule has 0 unspecified atom stereocenters. The Hall–Kier alpha value is -0.380. The van der Waals surface area contributed by atoms with Crippen molar-refractivity contribution < 1.29 is 4.74 Å². The molecule has 86 valence electrons. The van der Waals surface area contributed by atoms with Gasteiger partial charge in [-0.15, -0.1) is 11.3 Å². The number of hydrogen-bond donors (Lipinski definition) is 1. The molecule has 1 heterocycles. The minimum atomic E-state index is -0.130. The highest BCUT2D eigenvalue weighted by Crippen LogP contribution is 2.13. The van der Waals surface area contributed by atoms with E-state index in [1.165, 1.54) is 4.88 Å². The largest absolute Gasteiger partial charge is 0.379 e. The predicted octanol–water partition coefficient (Wildman–Crippen LogP) is 2.82. The second-order valence-electron chi connectivity index (χ2n) is 3.95. The van der Waals surface area contributed by atoms with Crippen LogP contribution in [0.25, 0.3) is 0 Å². The average Bonchev–Trinajstić information content (AvgIpc) is 2.77. The predicted molar refractivity (Wildman–Crippen MR) is 66.3 cm³/mol. The molecule has 2 N–H and O–H groups in total. The lowest BCUT2D eigenvalue weighted by Gasteiger charge is -2.26. The Bertz CT molecular complexity index is 255. The van der Waals surface area contributed by atoms with Gasteiger partial charge < -0.3 is 10.5 Å². The highest BCUT2D eigenvalue weighted by atomic mass is 32.1. The molecule has 0 radical (unpaired) electrons. The zero-order valence-corrected chi connectivity index (χ0v) is 10.5. The lowest BCUT2D eigenvalue weighted by molar-refractivity contribution is 0.0834. The Labute approximate surface area is 96.4 Å². The summed E-state index contributed by atoms with van der Waals surface area (Å²) >= 11 is 1.78. The molecule has 3 heteroatoms. The summed E-state index contributed by atoms with van der Waals surface area (Å²) in [6.07, 6.45) is 2.95. The van der Waals surface area contributed by atoms with Gasteiger partial charge in [-0.2, -0.15) is 0 Å². The zero-order chi connectivity index (χ0) is 11.1. The average molecular weight is 227 g/mol. The second kappa shape index (κ2) is 6.26. The minimum absolute atomic E-state index is 0.130. The summed E-state index contributed by atoms with van der Waals surface area (Å²) < 4.78 is 5.64. The van der Waals surface area contributed by atoms with Gasteiger partial charge in [0.15, 0.2) is 0 Å². The number of ether oxygens (including phenoxy) is 1. The third kappa shape index (κ3) is 4.33. The van der Waals surface area contributed by atoms with Crippen LogP contribution in [0.15, 0.2) is 17.5 Å². The van der Waals surface area contributed by atoms with Crippen molar-refractivity contribution >= 4 is 11.3 Å². The first-order chi connectivity index (χ1) is 7.20. The summed E-state index contributed by atoms with van der Waals surface area (Å²) in [4.78, 5) is 1.38. The van der Waals surface area contributed by atoms with E-state index in [0.717, 1.165) is 25.9 Å². The maximum Gasteiger partial charge on any atom is 0.0646 e. The van der Waals surface area contributed by atoms with E-state index < -0.39 is 0 Å². The Kier molecular flexibility index (Phi) is 5.29. The molecule has 0 aliphatic heterocycles. The first-order valence-electron chi connectivity index (χ1n) is 5.59. The van der Waals surface area contributed by atoms with Gasteiger partial charge in [-0.1, -0.05) is 19.9 Å². The Morgan fingerprint density at radius 2 is 2.13 bits per heavy atom. The quantitative estimate of drug-likeness (QED) is 0.727. The molecule has 0 amide bonds. The summed E-state index contributed by atoms with van der Waals surface area (Å²) in [7, 11) is 0. The van der Waals surface area contributed by atoms with E-state index in [4.69, 9.17) is 10.5 Å². The number of hydrogen-bond acceptors (Lipinski definition) is 3. The van der Waals surface area contributed by atoms with E-state index >= 15 is 0 Å². The minimum Gasteiger partial charge on any atom is -0.379 e. The topological polar surface area (TPSA) is 35.2 Å². The molecule has 0 atom stereocenters. The third-order valence-electron chi connectivity index (χ3n) is 2.87. The van der Waals surface area contributed by atoms with Crippen LogP contribution >= 0.6 is 11.3 Å². The van der Waals surface area contributed by atoms with Crippen LogP contribution in [0.3, 0.4) is 0 Å². The van der Waals surface area contributed by atoms with E-state index in [9.17, 15) is 0 Å². The molecule has 0 saturated heterocycles. The van der Waals surface area contributed by atoms with Gasteiger partial charge in [0.05, 0.1) is 13.2 Å². The van der Waals surface area contributed by atoms with Crippen molar-refractivity contribution in [3.8, 4) is 0 Å². The van der Waals surface area contributed by atoms with E-state index in [2.05, 4.69) is 31.4 Å². The van der Waals surface area contributed by atoms with Gasteiger partial charge in [0, 0.05) is 16.8 Å². The van der Waals surface area contributed by atoms with Crippen molar-refractivity contribution in [1.29, 1.82) is 0 Å². The van der Waals surface area contributed by atoms with Crippen LogP contribution in [0, 0.1) is 0 Å². The number of rotatable bonds is 7. The van der Waals surface area contributed by atoms with Crippen LogP contribution in [-0.2, 0) is 11.2 Å². The standard InChI is InChI=1S/C12H21NOS/c1-3-12(13,4-2)10-14-8-7-11-6-5-9-15-11/h5-6,9H,3-4,7-8,10,13H2,1-2H3. The Morgan fingerprint density at radius 3 is 2.67 bits per heavy atom. The molecule has 0 saturated carbocycles.